The Hall–Kier alpha value is -2.58. The molecule has 1 fully saturated rings. The van der Waals surface area contributed by atoms with Crippen molar-refractivity contribution >= 4 is 56.4 Å². The maximum absolute atomic E-state index is 12.9. The van der Waals surface area contributed by atoms with Crippen LogP contribution in [0.15, 0.2) is 62.9 Å². The van der Waals surface area contributed by atoms with Crippen LogP contribution in [0.1, 0.15) is 19.4 Å². The van der Waals surface area contributed by atoms with E-state index in [2.05, 4.69) is 20.9 Å². The number of amidine groups is 1. The predicted octanol–water partition coefficient (Wildman–Crippen LogP) is 4.33. The normalized spacial score (nSPS) is 16.8. The summed E-state index contributed by atoms with van der Waals surface area (Å²) >= 11 is 4.77. The van der Waals surface area contributed by atoms with E-state index in [9.17, 15) is 9.59 Å². The first-order valence-corrected chi connectivity index (χ1v) is 10.5. The first kappa shape index (κ1) is 21.1. The Labute approximate surface area is 181 Å². The Morgan fingerprint density at radius 2 is 2.00 bits per heavy atom. The number of hydrogen-bond donors (Lipinski definition) is 1. The number of carbonyl (C=O) groups excluding carboxylic acids is 2. The molecule has 29 heavy (non-hydrogen) atoms. The number of carbonyl (C=O) groups is 2. The van der Waals surface area contributed by atoms with Gasteiger partial charge in [0.25, 0.3) is 11.8 Å². The van der Waals surface area contributed by atoms with Crippen LogP contribution < -0.4 is 10.5 Å². The van der Waals surface area contributed by atoms with Crippen molar-refractivity contribution in [1.82, 2.24) is 4.90 Å². The van der Waals surface area contributed by atoms with Crippen LogP contribution in [0.2, 0.25) is 0 Å². The predicted molar refractivity (Wildman–Crippen MR) is 120 cm³/mol. The van der Waals surface area contributed by atoms with E-state index in [0.29, 0.717) is 20.3 Å². The molecule has 6 nitrogen and oxygen atoms in total. The van der Waals surface area contributed by atoms with Gasteiger partial charge in [0.1, 0.15) is 5.75 Å². The Morgan fingerprint density at radius 1 is 1.28 bits per heavy atom. The van der Waals surface area contributed by atoms with Gasteiger partial charge in [0, 0.05) is 6.04 Å². The lowest BCUT2D eigenvalue weighted by Gasteiger charge is -2.19. The molecule has 1 aliphatic heterocycles. The summed E-state index contributed by atoms with van der Waals surface area (Å²) < 4.78 is 6.00. The average Bonchev–Trinajstić information content (AvgIpc) is 2.96. The van der Waals surface area contributed by atoms with Crippen LogP contribution in [0, 0.1) is 0 Å². The van der Waals surface area contributed by atoms with Gasteiger partial charge in [-0.05, 0) is 77.4 Å². The molecule has 0 bridgehead atoms. The summed E-state index contributed by atoms with van der Waals surface area (Å²) in [6, 6.07) is 14.9. The number of rotatable bonds is 6. The fourth-order valence-corrected chi connectivity index (χ4v) is 4.29. The fraction of sp³-hybridized carbons (Fsp3) is 0.190. The Morgan fingerprint density at radius 3 is 2.62 bits per heavy atom. The van der Waals surface area contributed by atoms with E-state index in [1.54, 1.807) is 11.0 Å². The first-order chi connectivity index (χ1) is 13.8. The lowest BCUT2D eigenvalue weighted by Crippen LogP contribution is -2.35. The highest BCUT2D eigenvalue weighted by molar-refractivity contribution is 9.10. The Bertz CT molecular complexity index is 990. The van der Waals surface area contributed by atoms with Gasteiger partial charge in [-0.15, -0.1) is 0 Å². The number of para-hydroxylation sites is 1. The molecule has 0 unspecified atom stereocenters. The van der Waals surface area contributed by atoms with Crippen molar-refractivity contribution in [2.45, 2.75) is 19.9 Å². The highest BCUT2D eigenvalue weighted by atomic mass is 79.9. The van der Waals surface area contributed by atoms with E-state index in [1.165, 1.54) is 11.8 Å². The van der Waals surface area contributed by atoms with Gasteiger partial charge in [0.2, 0.25) is 0 Å². The van der Waals surface area contributed by atoms with Gasteiger partial charge in [0.15, 0.2) is 11.8 Å². The molecule has 8 heteroatoms. The fourth-order valence-electron chi connectivity index (χ4n) is 2.66. The third-order valence-corrected chi connectivity index (χ3v) is 5.56. The van der Waals surface area contributed by atoms with Crippen LogP contribution in [0.5, 0.6) is 5.75 Å². The van der Waals surface area contributed by atoms with E-state index >= 15 is 0 Å². The second-order valence-electron chi connectivity index (χ2n) is 6.55. The van der Waals surface area contributed by atoms with Gasteiger partial charge in [-0.1, -0.05) is 24.3 Å². The van der Waals surface area contributed by atoms with Crippen LogP contribution >= 0.6 is 27.7 Å². The molecular weight excluding hydrogens is 454 g/mol. The number of ether oxygens (including phenoxy) is 1. The zero-order valence-corrected chi connectivity index (χ0v) is 18.4. The molecule has 0 saturated carbocycles. The molecule has 3 rings (SSSR count). The highest BCUT2D eigenvalue weighted by Crippen LogP contribution is 2.36. The van der Waals surface area contributed by atoms with Crippen molar-refractivity contribution in [3.8, 4) is 5.75 Å². The molecule has 0 spiro atoms. The largest absolute Gasteiger partial charge is 0.483 e. The summed E-state index contributed by atoms with van der Waals surface area (Å²) in [5.41, 5.74) is 6.73. The second-order valence-corrected chi connectivity index (χ2v) is 8.42. The molecule has 150 valence electrons. The lowest BCUT2D eigenvalue weighted by molar-refractivity contribution is -0.123. The number of aliphatic imine (C=N–C) groups is 1. The summed E-state index contributed by atoms with van der Waals surface area (Å²) in [5, 5.41) is 0.655. The number of hydrogen-bond acceptors (Lipinski definition) is 5. The molecule has 0 aromatic heterocycles. The Balaban J connectivity index is 1.87. The van der Waals surface area contributed by atoms with Crippen molar-refractivity contribution in [3.63, 3.8) is 0 Å². The van der Waals surface area contributed by atoms with E-state index in [4.69, 9.17) is 10.5 Å². The number of nitrogens with zero attached hydrogens (tertiary/aromatic N) is 2. The maximum Gasteiger partial charge on any atom is 0.266 e. The number of nitrogens with two attached hydrogens (primary N) is 1. The van der Waals surface area contributed by atoms with Crippen molar-refractivity contribution in [2.75, 3.05) is 6.61 Å². The van der Waals surface area contributed by atoms with Crippen LogP contribution in [0.4, 0.5) is 5.69 Å². The third kappa shape index (κ3) is 5.27. The van der Waals surface area contributed by atoms with Crippen LogP contribution in [0.3, 0.4) is 0 Å². The van der Waals surface area contributed by atoms with Crippen molar-refractivity contribution in [3.05, 3.63) is 63.5 Å². The molecule has 1 heterocycles. The standard InChI is InChI=1S/C21H20BrN3O3S/c1-13(2)25-20(27)18(29-21(25)24-15-6-4-3-5-7-15)11-14-8-9-17(16(22)10-14)28-12-19(23)26/h3-11,13H,12H2,1-2H3,(H2,23,26)/b18-11+,24-21?. The summed E-state index contributed by atoms with van der Waals surface area (Å²) in [4.78, 5) is 30.8. The average molecular weight is 474 g/mol. The van der Waals surface area contributed by atoms with Gasteiger partial charge in [-0.3, -0.25) is 14.5 Å². The summed E-state index contributed by atoms with van der Waals surface area (Å²) in [6.07, 6.45) is 1.82. The highest BCUT2D eigenvalue weighted by Gasteiger charge is 2.35. The topological polar surface area (TPSA) is 85.0 Å². The zero-order chi connectivity index (χ0) is 21.0. The van der Waals surface area contributed by atoms with E-state index in [0.717, 1.165) is 11.3 Å². The first-order valence-electron chi connectivity index (χ1n) is 8.92. The molecule has 0 aliphatic carbocycles. The smallest absolute Gasteiger partial charge is 0.266 e. The van der Waals surface area contributed by atoms with Crippen LogP contribution in [0.25, 0.3) is 6.08 Å². The number of amides is 2. The molecule has 0 atom stereocenters. The second kappa shape index (κ2) is 9.28. The molecule has 0 radical (unpaired) electrons. The van der Waals surface area contributed by atoms with Gasteiger partial charge in [0.05, 0.1) is 15.1 Å². The van der Waals surface area contributed by atoms with Gasteiger partial charge >= 0.3 is 0 Å². The molecule has 2 N–H and O–H groups in total. The van der Waals surface area contributed by atoms with Gasteiger partial charge in [-0.2, -0.15) is 0 Å². The minimum atomic E-state index is -0.546. The molecule has 1 aliphatic rings. The zero-order valence-electron chi connectivity index (χ0n) is 16.0. The molecule has 2 amide bonds. The third-order valence-electron chi connectivity index (χ3n) is 3.96. The molecule has 1 saturated heterocycles. The molecule has 2 aromatic rings. The molecular formula is C21H20BrN3O3S. The van der Waals surface area contributed by atoms with E-state index < -0.39 is 5.91 Å². The van der Waals surface area contributed by atoms with Crippen molar-refractivity contribution in [1.29, 1.82) is 0 Å². The van der Waals surface area contributed by atoms with E-state index in [-0.39, 0.29) is 18.6 Å². The monoisotopic (exact) mass is 473 g/mol. The quantitative estimate of drug-likeness (QED) is 0.632. The minimum Gasteiger partial charge on any atom is -0.483 e. The van der Waals surface area contributed by atoms with E-state index in [1.807, 2.05) is 62.4 Å². The van der Waals surface area contributed by atoms with Crippen molar-refractivity contribution in [2.24, 2.45) is 10.7 Å². The SMILES string of the molecule is CC(C)N1C(=O)/C(=C\c2ccc(OCC(N)=O)c(Br)c2)SC1=Nc1ccccc1. The summed E-state index contributed by atoms with van der Waals surface area (Å²) in [5.74, 6) is -0.119. The maximum atomic E-state index is 12.9. The van der Waals surface area contributed by atoms with Crippen LogP contribution in [-0.2, 0) is 9.59 Å². The lowest BCUT2D eigenvalue weighted by atomic mass is 10.2. The van der Waals surface area contributed by atoms with Crippen LogP contribution in [-0.4, -0.2) is 34.5 Å². The number of primary amides is 1. The summed E-state index contributed by atoms with van der Waals surface area (Å²) in [6.45, 7) is 3.72. The number of halogens is 1. The van der Waals surface area contributed by atoms with Gasteiger partial charge in [-0.25, -0.2) is 4.99 Å². The van der Waals surface area contributed by atoms with Crippen molar-refractivity contribution < 1.29 is 14.3 Å². The number of thioether (sulfide) groups is 1. The molecule has 2 aromatic carbocycles. The minimum absolute atomic E-state index is 0.0142. The number of benzene rings is 2. The van der Waals surface area contributed by atoms with Gasteiger partial charge < -0.3 is 10.5 Å². The summed E-state index contributed by atoms with van der Waals surface area (Å²) in [7, 11) is 0. The Kier molecular flexibility index (Phi) is 6.76.